The molecule has 0 amide bonds. The summed E-state index contributed by atoms with van der Waals surface area (Å²) in [6.07, 6.45) is -3.29. The highest BCUT2D eigenvalue weighted by molar-refractivity contribution is 7.59. The van der Waals surface area contributed by atoms with E-state index in [0.717, 1.165) is 5.56 Å². The zero-order valence-electron chi connectivity index (χ0n) is 21.0. The van der Waals surface area contributed by atoms with Crippen molar-refractivity contribution in [3.63, 3.8) is 0 Å². The summed E-state index contributed by atoms with van der Waals surface area (Å²) in [6.45, 7) is 5.45. The maximum atomic E-state index is 13.0. The van der Waals surface area contributed by atoms with Gasteiger partial charge in [0.25, 0.3) is 5.89 Å². The van der Waals surface area contributed by atoms with Gasteiger partial charge in [0.15, 0.2) is 6.61 Å². The Morgan fingerprint density at radius 3 is 2.46 bits per heavy atom. The van der Waals surface area contributed by atoms with Crippen molar-refractivity contribution in [2.24, 2.45) is 0 Å². The van der Waals surface area contributed by atoms with Gasteiger partial charge in [0.2, 0.25) is 0 Å². The molecule has 2 aromatic heterocycles. The lowest BCUT2D eigenvalue weighted by atomic mass is 9.84. The molecule has 206 valence electrons. The number of anilines is 1. The summed E-state index contributed by atoms with van der Waals surface area (Å²) in [6, 6.07) is 4.79. The minimum Gasteiger partial charge on any atom is -0.484 e. The number of nitrogens with zero attached hydrogens (tertiary/aromatic N) is 3. The van der Waals surface area contributed by atoms with E-state index in [0.29, 0.717) is 35.0 Å². The number of pyridine rings is 1. The van der Waals surface area contributed by atoms with Crippen molar-refractivity contribution < 1.29 is 31.8 Å². The summed E-state index contributed by atoms with van der Waals surface area (Å²) in [5.74, 6) is 0.278. The lowest BCUT2D eigenvalue weighted by molar-refractivity contribution is -0.153. The van der Waals surface area contributed by atoms with Crippen molar-refractivity contribution >= 4 is 43.9 Å². The van der Waals surface area contributed by atoms with Gasteiger partial charge in [-0.1, -0.05) is 25.9 Å². The molecule has 4 rings (SSSR count). The Morgan fingerprint density at radius 2 is 1.86 bits per heavy atom. The second-order valence-corrected chi connectivity index (χ2v) is 10.2. The van der Waals surface area contributed by atoms with E-state index < -0.39 is 30.5 Å². The third-order valence-corrected chi connectivity index (χ3v) is 6.11. The van der Waals surface area contributed by atoms with E-state index in [4.69, 9.17) is 14.1 Å². The van der Waals surface area contributed by atoms with Gasteiger partial charge in [-0.2, -0.15) is 40.2 Å². The van der Waals surface area contributed by atoms with Crippen LogP contribution in [0.3, 0.4) is 0 Å². The molecule has 0 bridgehead atoms. The predicted molar refractivity (Wildman–Crippen MR) is 143 cm³/mol. The largest absolute Gasteiger partial charge is 0.484 e. The van der Waals surface area contributed by atoms with Gasteiger partial charge in [-0.25, -0.2) is 9.37 Å². The van der Waals surface area contributed by atoms with Crippen LogP contribution in [0, 0.1) is 6.92 Å². The molecular formula is C24H32F4N4O3S2. The van der Waals surface area contributed by atoms with Crippen LogP contribution in [0.2, 0.25) is 0 Å². The second-order valence-electron chi connectivity index (χ2n) is 10.2. The SMILES string of the molecule is Cc1cc(-c2nnc(N[C@H]3CC[C@@](O)(CF)C3)o2)nc2c(C(C)(C)C)cc(OCC(F)(F)F)cc12.S.S. The van der Waals surface area contributed by atoms with Crippen LogP contribution in [0.4, 0.5) is 23.6 Å². The molecule has 7 nitrogen and oxygen atoms in total. The Bertz CT molecular complexity index is 1230. The van der Waals surface area contributed by atoms with Gasteiger partial charge in [-0.15, -0.1) is 5.10 Å². The molecule has 2 N–H and O–H groups in total. The van der Waals surface area contributed by atoms with Crippen molar-refractivity contribution in [3.05, 3.63) is 29.3 Å². The summed E-state index contributed by atoms with van der Waals surface area (Å²) in [5.41, 5.74) is 0.713. The number of ether oxygens (including phenoxy) is 1. The molecular weight excluding hydrogens is 532 g/mol. The second kappa shape index (κ2) is 11.2. The third-order valence-electron chi connectivity index (χ3n) is 6.11. The van der Waals surface area contributed by atoms with Crippen LogP contribution in [-0.2, 0) is 5.41 Å². The minimum absolute atomic E-state index is 0. The van der Waals surface area contributed by atoms with Crippen LogP contribution < -0.4 is 10.1 Å². The fraction of sp³-hybridized carbons (Fsp3) is 0.542. The van der Waals surface area contributed by atoms with Crippen LogP contribution in [-0.4, -0.2) is 51.4 Å². The molecule has 1 aliphatic carbocycles. The monoisotopic (exact) mass is 564 g/mol. The molecule has 37 heavy (non-hydrogen) atoms. The van der Waals surface area contributed by atoms with E-state index >= 15 is 0 Å². The first-order valence-corrected chi connectivity index (χ1v) is 11.3. The number of aliphatic hydroxyl groups is 1. The summed E-state index contributed by atoms with van der Waals surface area (Å²) < 4.78 is 61.9. The molecule has 2 heterocycles. The molecule has 13 heteroatoms. The number of nitrogens with one attached hydrogen (secondary N) is 1. The number of alkyl halides is 4. The summed E-state index contributed by atoms with van der Waals surface area (Å²) >= 11 is 0. The number of hydrogen-bond donors (Lipinski definition) is 2. The smallest absolute Gasteiger partial charge is 0.422 e. The summed E-state index contributed by atoms with van der Waals surface area (Å²) in [4.78, 5) is 4.71. The van der Waals surface area contributed by atoms with Crippen molar-refractivity contribution in [1.82, 2.24) is 15.2 Å². The van der Waals surface area contributed by atoms with Crippen LogP contribution in [0.15, 0.2) is 22.6 Å². The highest BCUT2D eigenvalue weighted by Crippen LogP contribution is 2.37. The van der Waals surface area contributed by atoms with Crippen molar-refractivity contribution in [2.75, 3.05) is 18.6 Å². The Kier molecular flexibility index (Phi) is 9.41. The molecule has 0 spiro atoms. The van der Waals surface area contributed by atoms with Gasteiger partial charge < -0.3 is 19.6 Å². The maximum Gasteiger partial charge on any atom is 0.422 e. The lowest BCUT2D eigenvalue weighted by Crippen LogP contribution is -2.29. The Hall–Kier alpha value is -2.25. The number of fused-ring (bicyclic) bond motifs is 1. The maximum absolute atomic E-state index is 13.0. The highest BCUT2D eigenvalue weighted by atomic mass is 32.1. The lowest BCUT2D eigenvalue weighted by Gasteiger charge is -2.23. The Labute approximate surface area is 226 Å². The first kappa shape index (κ1) is 31.0. The average Bonchev–Trinajstić information content (AvgIpc) is 3.38. The molecule has 1 aromatic carbocycles. The highest BCUT2D eigenvalue weighted by Gasteiger charge is 2.38. The van der Waals surface area contributed by atoms with Crippen molar-refractivity contribution in [1.29, 1.82) is 0 Å². The molecule has 0 aliphatic heterocycles. The summed E-state index contributed by atoms with van der Waals surface area (Å²) in [7, 11) is 0. The Balaban J connectivity index is 0.00000241. The zero-order chi connectivity index (χ0) is 25.6. The normalized spacial score (nSPS) is 19.9. The number of rotatable bonds is 6. The first-order valence-electron chi connectivity index (χ1n) is 11.3. The number of benzene rings is 1. The molecule has 1 fully saturated rings. The Morgan fingerprint density at radius 1 is 1.16 bits per heavy atom. The molecule has 0 saturated heterocycles. The molecule has 1 aliphatic rings. The first-order chi connectivity index (χ1) is 16.3. The van der Waals surface area contributed by atoms with Crippen molar-refractivity contribution in [3.8, 4) is 17.3 Å². The van der Waals surface area contributed by atoms with Gasteiger partial charge in [-0.05, 0) is 60.9 Å². The van der Waals surface area contributed by atoms with Crippen LogP contribution in [0.1, 0.15) is 51.2 Å². The standard InChI is InChI=1S/C24H28F4N4O3.2H2S/c1-13-7-18(20-31-32-21(35-20)29-14-5-6-23(33,10-14)11-25)30-19-16(13)8-15(34-12-24(26,27)28)9-17(19)22(2,3)4;;/h7-9,14,33H,5-6,10-12H2,1-4H3,(H,29,32);2*1H2/t14-,23-;;/m0../s1. The summed E-state index contributed by atoms with van der Waals surface area (Å²) in [5, 5.41) is 21.9. The van der Waals surface area contributed by atoms with Crippen LogP contribution >= 0.6 is 27.0 Å². The van der Waals surface area contributed by atoms with Crippen LogP contribution in [0.25, 0.3) is 22.5 Å². The fourth-order valence-corrected chi connectivity index (χ4v) is 4.30. The molecule has 0 radical (unpaired) electrons. The fourth-order valence-electron chi connectivity index (χ4n) is 4.30. The van der Waals surface area contributed by atoms with E-state index in [1.54, 1.807) is 18.2 Å². The average molecular weight is 565 g/mol. The molecule has 2 atom stereocenters. The van der Waals surface area contributed by atoms with Crippen LogP contribution in [0.5, 0.6) is 5.75 Å². The van der Waals surface area contributed by atoms with Gasteiger partial charge in [0.1, 0.15) is 18.1 Å². The quantitative estimate of drug-likeness (QED) is 0.370. The van der Waals surface area contributed by atoms with E-state index in [-0.39, 0.29) is 57.1 Å². The van der Waals surface area contributed by atoms with E-state index in [2.05, 4.69) is 15.5 Å². The number of aromatic nitrogens is 3. The number of aryl methyl sites for hydroxylation is 1. The van der Waals surface area contributed by atoms with Gasteiger partial charge in [0, 0.05) is 11.4 Å². The van der Waals surface area contributed by atoms with Crippen molar-refractivity contribution in [2.45, 2.75) is 70.2 Å². The zero-order valence-corrected chi connectivity index (χ0v) is 23.0. The molecule has 0 unspecified atom stereocenters. The van der Waals surface area contributed by atoms with Gasteiger partial charge in [-0.3, -0.25) is 0 Å². The van der Waals surface area contributed by atoms with Gasteiger partial charge >= 0.3 is 12.2 Å². The molecule has 1 saturated carbocycles. The number of halogens is 4. The van der Waals surface area contributed by atoms with E-state index in [1.807, 2.05) is 27.7 Å². The number of hydrogen-bond acceptors (Lipinski definition) is 7. The van der Waals surface area contributed by atoms with Gasteiger partial charge in [0.05, 0.1) is 11.1 Å². The molecule has 3 aromatic rings. The van der Waals surface area contributed by atoms with E-state index in [9.17, 15) is 22.7 Å². The predicted octanol–water partition coefficient (Wildman–Crippen LogP) is 5.72. The topological polar surface area (TPSA) is 93.3 Å². The minimum atomic E-state index is -4.44. The van der Waals surface area contributed by atoms with E-state index in [1.165, 1.54) is 0 Å². The third kappa shape index (κ3) is 7.20.